The maximum atomic E-state index is 12.7. The highest BCUT2D eigenvalue weighted by Gasteiger charge is 2.26. The van der Waals surface area contributed by atoms with Crippen molar-refractivity contribution >= 4 is 11.8 Å². The quantitative estimate of drug-likeness (QED) is 0.799. The first-order chi connectivity index (χ1) is 13.3. The summed E-state index contributed by atoms with van der Waals surface area (Å²) in [6, 6.07) is 1.77. The van der Waals surface area contributed by atoms with Gasteiger partial charge in [-0.1, -0.05) is 0 Å². The third-order valence-corrected chi connectivity index (χ3v) is 4.82. The third-order valence-electron chi connectivity index (χ3n) is 4.82. The Labute approximate surface area is 165 Å². The summed E-state index contributed by atoms with van der Waals surface area (Å²) in [5.74, 6) is 0.652. The maximum absolute atomic E-state index is 12.7. The Kier molecular flexibility index (Phi) is 5.96. The lowest BCUT2D eigenvalue weighted by atomic mass is 9.93. The molecule has 2 amide bonds. The minimum absolute atomic E-state index is 0.0838. The molecule has 0 aromatic carbocycles. The molecule has 2 aromatic rings. The van der Waals surface area contributed by atoms with Crippen molar-refractivity contribution in [1.82, 2.24) is 29.7 Å². The van der Waals surface area contributed by atoms with Gasteiger partial charge in [0.2, 0.25) is 0 Å². The number of hydrogen-bond donors (Lipinski definition) is 0. The Bertz CT molecular complexity index is 865. The van der Waals surface area contributed by atoms with E-state index in [9.17, 15) is 9.59 Å². The molecule has 0 saturated carbocycles. The number of carbonyl (C=O) groups excluding carboxylic acids is 2. The van der Waals surface area contributed by atoms with Crippen LogP contribution in [-0.2, 0) is 6.42 Å². The van der Waals surface area contributed by atoms with Crippen molar-refractivity contribution in [2.75, 3.05) is 27.2 Å². The van der Waals surface area contributed by atoms with Crippen LogP contribution in [0.3, 0.4) is 0 Å². The van der Waals surface area contributed by atoms with Crippen molar-refractivity contribution in [2.24, 2.45) is 5.92 Å². The molecule has 1 fully saturated rings. The van der Waals surface area contributed by atoms with E-state index in [0.717, 1.165) is 30.8 Å². The number of likely N-dealkylation sites (tertiary alicyclic amines) is 1. The van der Waals surface area contributed by atoms with Gasteiger partial charge < -0.3 is 9.80 Å². The molecule has 8 heteroatoms. The summed E-state index contributed by atoms with van der Waals surface area (Å²) in [5, 5.41) is 0. The number of hydrogen-bond acceptors (Lipinski definition) is 6. The number of nitrogens with zero attached hydrogens (tertiary/aromatic N) is 6. The fourth-order valence-corrected chi connectivity index (χ4v) is 3.45. The van der Waals surface area contributed by atoms with Gasteiger partial charge in [-0.3, -0.25) is 14.6 Å². The van der Waals surface area contributed by atoms with Crippen LogP contribution < -0.4 is 0 Å². The summed E-state index contributed by atoms with van der Waals surface area (Å²) in [7, 11) is 3.41. The second kappa shape index (κ2) is 8.41. The van der Waals surface area contributed by atoms with E-state index < -0.39 is 0 Å². The molecule has 3 heterocycles. The molecule has 0 radical (unpaired) electrons. The van der Waals surface area contributed by atoms with Crippen LogP contribution in [0.4, 0.5) is 0 Å². The summed E-state index contributed by atoms with van der Waals surface area (Å²) in [6.07, 6.45) is 5.81. The van der Waals surface area contributed by atoms with E-state index in [4.69, 9.17) is 0 Å². The van der Waals surface area contributed by atoms with Gasteiger partial charge in [-0.25, -0.2) is 15.0 Å². The van der Waals surface area contributed by atoms with Crippen LogP contribution in [0.2, 0.25) is 0 Å². The highest BCUT2D eigenvalue weighted by Crippen LogP contribution is 2.22. The molecular formula is C20H26N6O2. The van der Waals surface area contributed by atoms with Crippen molar-refractivity contribution < 1.29 is 9.59 Å². The van der Waals surface area contributed by atoms with Gasteiger partial charge in [-0.15, -0.1) is 0 Å². The Morgan fingerprint density at radius 1 is 1.14 bits per heavy atom. The molecule has 148 valence electrons. The minimum atomic E-state index is -0.134. The summed E-state index contributed by atoms with van der Waals surface area (Å²) < 4.78 is 0. The minimum Gasteiger partial charge on any atom is -0.343 e. The fraction of sp³-hybridized carbons (Fsp3) is 0.500. The van der Waals surface area contributed by atoms with Gasteiger partial charge in [0.1, 0.15) is 17.2 Å². The van der Waals surface area contributed by atoms with Crippen molar-refractivity contribution in [3.8, 4) is 0 Å². The van der Waals surface area contributed by atoms with Crippen LogP contribution in [-0.4, -0.2) is 68.7 Å². The van der Waals surface area contributed by atoms with Crippen LogP contribution in [0, 0.1) is 19.8 Å². The van der Waals surface area contributed by atoms with Gasteiger partial charge in [0.25, 0.3) is 11.8 Å². The molecule has 1 unspecified atom stereocenters. The van der Waals surface area contributed by atoms with Crippen molar-refractivity contribution in [1.29, 1.82) is 0 Å². The Balaban J connectivity index is 1.70. The molecule has 1 aliphatic heterocycles. The van der Waals surface area contributed by atoms with Crippen molar-refractivity contribution in [2.45, 2.75) is 33.1 Å². The van der Waals surface area contributed by atoms with Gasteiger partial charge in [-0.2, -0.15) is 0 Å². The summed E-state index contributed by atoms with van der Waals surface area (Å²) in [5.41, 5.74) is 2.41. The molecule has 0 spiro atoms. The third kappa shape index (κ3) is 4.68. The molecule has 1 saturated heterocycles. The molecule has 1 aliphatic rings. The van der Waals surface area contributed by atoms with E-state index in [1.54, 1.807) is 33.3 Å². The molecule has 0 bridgehead atoms. The average Bonchev–Trinajstić information content (AvgIpc) is 2.67. The van der Waals surface area contributed by atoms with E-state index in [1.807, 2.05) is 11.8 Å². The van der Waals surface area contributed by atoms with Crippen molar-refractivity contribution in [3.05, 3.63) is 47.1 Å². The zero-order valence-corrected chi connectivity index (χ0v) is 16.8. The predicted octanol–water partition coefficient (Wildman–Crippen LogP) is 1.68. The Morgan fingerprint density at radius 2 is 1.93 bits per heavy atom. The number of piperidine rings is 1. The predicted molar refractivity (Wildman–Crippen MR) is 104 cm³/mol. The normalized spacial score (nSPS) is 16.7. The highest BCUT2D eigenvalue weighted by atomic mass is 16.2. The summed E-state index contributed by atoms with van der Waals surface area (Å²) in [4.78, 5) is 45.4. The summed E-state index contributed by atoms with van der Waals surface area (Å²) in [6.45, 7) is 5.01. The monoisotopic (exact) mass is 382 g/mol. The lowest BCUT2D eigenvalue weighted by molar-refractivity contribution is 0.0666. The van der Waals surface area contributed by atoms with Crippen LogP contribution in [0.5, 0.6) is 0 Å². The van der Waals surface area contributed by atoms with Crippen LogP contribution in [0.15, 0.2) is 18.5 Å². The van der Waals surface area contributed by atoms with Gasteiger partial charge in [0.15, 0.2) is 0 Å². The summed E-state index contributed by atoms with van der Waals surface area (Å²) >= 11 is 0. The van der Waals surface area contributed by atoms with Crippen molar-refractivity contribution in [3.63, 3.8) is 0 Å². The van der Waals surface area contributed by atoms with E-state index in [0.29, 0.717) is 30.2 Å². The maximum Gasteiger partial charge on any atom is 0.274 e. The molecule has 0 N–H and O–H groups in total. The highest BCUT2D eigenvalue weighted by molar-refractivity contribution is 5.92. The van der Waals surface area contributed by atoms with Crippen LogP contribution in [0.1, 0.15) is 51.0 Å². The Hall–Kier alpha value is -2.90. The SMILES string of the molecule is Cc1cnc(C(=O)N2CCCC(Cc3cc(C(=O)N(C)C)nc(C)n3)C2)cn1. The average molecular weight is 382 g/mol. The fourth-order valence-electron chi connectivity index (χ4n) is 3.45. The van der Waals surface area contributed by atoms with Gasteiger partial charge >= 0.3 is 0 Å². The standard InChI is InChI=1S/C20H26N6O2/c1-13-10-22-18(11-21-13)20(28)26-7-5-6-15(12-26)8-16-9-17(19(27)25(3)4)24-14(2)23-16/h9-11,15H,5-8,12H2,1-4H3. The van der Waals surface area contributed by atoms with E-state index in [-0.39, 0.29) is 17.7 Å². The first-order valence-corrected chi connectivity index (χ1v) is 9.47. The number of rotatable bonds is 4. The smallest absolute Gasteiger partial charge is 0.274 e. The molecule has 8 nitrogen and oxygen atoms in total. The number of aromatic nitrogens is 4. The van der Waals surface area contributed by atoms with E-state index in [1.165, 1.54) is 11.1 Å². The van der Waals surface area contributed by atoms with E-state index in [2.05, 4.69) is 19.9 Å². The largest absolute Gasteiger partial charge is 0.343 e. The topological polar surface area (TPSA) is 92.2 Å². The number of carbonyl (C=O) groups is 2. The lowest BCUT2D eigenvalue weighted by Crippen LogP contribution is -2.41. The van der Waals surface area contributed by atoms with Gasteiger partial charge in [-0.05, 0) is 45.1 Å². The second-order valence-corrected chi connectivity index (χ2v) is 7.50. The molecule has 28 heavy (non-hydrogen) atoms. The zero-order valence-electron chi connectivity index (χ0n) is 16.8. The van der Waals surface area contributed by atoms with Gasteiger partial charge in [0, 0.05) is 39.1 Å². The molecule has 1 atom stereocenters. The lowest BCUT2D eigenvalue weighted by Gasteiger charge is -2.32. The first kappa shape index (κ1) is 19.9. The molecular weight excluding hydrogens is 356 g/mol. The van der Waals surface area contributed by atoms with Gasteiger partial charge in [0.05, 0.1) is 11.9 Å². The molecule has 0 aliphatic carbocycles. The first-order valence-electron chi connectivity index (χ1n) is 9.47. The molecule has 3 rings (SSSR count). The number of amides is 2. The molecule has 2 aromatic heterocycles. The van der Waals surface area contributed by atoms with Crippen LogP contribution >= 0.6 is 0 Å². The number of aryl methyl sites for hydroxylation is 2. The van der Waals surface area contributed by atoms with E-state index >= 15 is 0 Å². The van der Waals surface area contributed by atoms with Crippen LogP contribution in [0.25, 0.3) is 0 Å². The second-order valence-electron chi connectivity index (χ2n) is 7.50. The zero-order chi connectivity index (χ0) is 20.3. The Morgan fingerprint density at radius 3 is 2.61 bits per heavy atom.